The van der Waals surface area contributed by atoms with E-state index in [1.54, 1.807) is 36.4 Å². The van der Waals surface area contributed by atoms with Crippen LogP contribution >= 0.6 is 0 Å². The molecule has 0 spiro atoms. The summed E-state index contributed by atoms with van der Waals surface area (Å²) in [5.41, 5.74) is 1.27. The van der Waals surface area contributed by atoms with Gasteiger partial charge in [0, 0.05) is 5.69 Å². The first-order valence-corrected chi connectivity index (χ1v) is 9.17. The fraction of sp³-hybridized carbons (Fsp3) is 0.0833. The van der Waals surface area contributed by atoms with Crippen molar-refractivity contribution in [2.45, 2.75) is 6.92 Å². The van der Waals surface area contributed by atoms with Crippen LogP contribution in [0.1, 0.15) is 12.5 Å². The molecule has 3 aromatic rings. The highest BCUT2D eigenvalue weighted by Crippen LogP contribution is 2.23. The summed E-state index contributed by atoms with van der Waals surface area (Å²) in [4.78, 5) is 12.5. The van der Waals surface area contributed by atoms with Gasteiger partial charge in [0.25, 0.3) is 5.91 Å². The molecule has 0 bridgehead atoms. The number of para-hydroxylation sites is 1. The Morgan fingerprint density at radius 3 is 2.38 bits per heavy atom. The average molecular weight is 384 g/mol. The van der Waals surface area contributed by atoms with Gasteiger partial charge in [-0.2, -0.15) is 5.26 Å². The quantitative estimate of drug-likeness (QED) is 0.436. The van der Waals surface area contributed by atoms with E-state index in [0.717, 1.165) is 5.75 Å². The van der Waals surface area contributed by atoms with Gasteiger partial charge < -0.3 is 14.8 Å². The highest BCUT2D eigenvalue weighted by molar-refractivity contribution is 6.09. The minimum Gasteiger partial charge on any atom is -0.494 e. The molecular weight excluding hydrogens is 364 g/mol. The van der Waals surface area contributed by atoms with Gasteiger partial charge in [0.15, 0.2) is 0 Å². The predicted octanol–water partition coefficient (Wildman–Crippen LogP) is 5.42. The Morgan fingerprint density at radius 1 is 0.966 bits per heavy atom. The van der Waals surface area contributed by atoms with Gasteiger partial charge in [0.1, 0.15) is 28.9 Å². The Kier molecular flexibility index (Phi) is 6.64. The minimum absolute atomic E-state index is 0.00394. The van der Waals surface area contributed by atoms with Crippen molar-refractivity contribution >= 4 is 17.7 Å². The molecule has 0 aromatic heterocycles. The molecule has 0 aliphatic heterocycles. The van der Waals surface area contributed by atoms with Gasteiger partial charge in [-0.1, -0.05) is 30.3 Å². The maximum absolute atomic E-state index is 12.5. The van der Waals surface area contributed by atoms with Crippen molar-refractivity contribution < 1.29 is 14.3 Å². The molecule has 29 heavy (non-hydrogen) atoms. The molecule has 3 aromatic carbocycles. The molecule has 5 heteroatoms. The number of carbonyl (C=O) groups is 1. The zero-order valence-electron chi connectivity index (χ0n) is 16.0. The summed E-state index contributed by atoms with van der Waals surface area (Å²) in [7, 11) is 0. The van der Waals surface area contributed by atoms with Crippen LogP contribution in [0, 0.1) is 11.3 Å². The summed E-state index contributed by atoms with van der Waals surface area (Å²) in [6.07, 6.45) is 1.53. The number of amides is 1. The first kappa shape index (κ1) is 19.7. The van der Waals surface area contributed by atoms with Crippen molar-refractivity contribution in [2.24, 2.45) is 0 Å². The number of hydrogen-bond acceptors (Lipinski definition) is 4. The van der Waals surface area contributed by atoms with Gasteiger partial charge in [-0.25, -0.2) is 0 Å². The highest BCUT2D eigenvalue weighted by atomic mass is 16.5. The van der Waals surface area contributed by atoms with E-state index in [4.69, 9.17) is 9.47 Å². The summed E-state index contributed by atoms with van der Waals surface area (Å²) >= 11 is 0. The molecular formula is C24H20N2O3. The number of benzene rings is 3. The Labute approximate surface area is 169 Å². The van der Waals surface area contributed by atoms with Crippen LogP contribution in [0.15, 0.2) is 84.4 Å². The van der Waals surface area contributed by atoms with E-state index >= 15 is 0 Å². The first-order valence-electron chi connectivity index (χ1n) is 9.17. The van der Waals surface area contributed by atoms with Crippen molar-refractivity contribution in [2.75, 3.05) is 11.9 Å². The lowest BCUT2D eigenvalue weighted by atomic mass is 10.1. The van der Waals surface area contributed by atoms with Crippen LogP contribution in [0.5, 0.6) is 17.2 Å². The molecule has 0 aliphatic rings. The first-order chi connectivity index (χ1) is 14.2. The van der Waals surface area contributed by atoms with Gasteiger partial charge in [0.05, 0.1) is 6.61 Å². The lowest BCUT2D eigenvalue weighted by Crippen LogP contribution is -2.13. The molecule has 0 fully saturated rings. The number of anilines is 1. The van der Waals surface area contributed by atoms with Crippen LogP contribution in [0.3, 0.4) is 0 Å². The van der Waals surface area contributed by atoms with E-state index in [-0.39, 0.29) is 5.57 Å². The maximum Gasteiger partial charge on any atom is 0.266 e. The third-order valence-electron chi connectivity index (χ3n) is 3.94. The lowest BCUT2D eigenvalue weighted by molar-refractivity contribution is -0.112. The molecule has 0 radical (unpaired) electrons. The molecule has 0 unspecified atom stereocenters. The Bertz CT molecular complexity index is 1040. The van der Waals surface area contributed by atoms with Gasteiger partial charge in [0.2, 0.25) is 0 Å². The summed E-state index contributed by atoms with van der Waals surface area (Å²) in [5.74, 6) is 1.57. The van der Waals surface area contributed by atoms with E-state index in [2.05, 4.69) is 5.32 Å². The normalized spacial score (nSPS) is 10.7. The van der Waals surface area contributed by atoms with Crippen molar-refractivity contribution in [1.82, 2.24) is 0 Å². The average Bonchev–Trinajstić information content (AvgIpc) is 2.74. The number of nitrogens with one attached hydrogen (secondary N) is 1. The largest absolute Gasteiger partial charge is 0.494 e. The molecule has 5 nitrogen and oxygen atoms in total. The van der Waals surface area contributed by atoms with Gasteiger partial charge in [-0.05, 0) is 67.1 Å². The van der Waals surface area contributed by atoms with Crippen molar-refractivity contribution in [3.63, 3.8) is 0 Å². The minimum atomic E-state index is -0.481. The molecule has 0 aliphatic carbocycles. The van der Waals surface area contributed by atoms with Crippen molar-refractivity contribution in [1.29, 1.82) is 5.26 Å². The van der Waals surface area contributed by atoms with Crippen LogP contribution in [0.25, 0.3) is 6.08 Å². The fourth-order valence-electron chi connectivity index (χ4n) is 2.61. The summed E-state index contributed by atoms with van der Waals surface area (Å²) in [5, 5.41) is 12.1. The summed E-state index contributed by atoms with van der Waals surface area (Å²) in [6.45, 7) is 2.47. The van der Waals surface area contributed by atoms with Crippen LogP contribution < -0.4 is 14.8 Å². The summed E-state index contributed by atoms with van der Waals surface area (Å²) < 4.78 is 11.2. The SMILES string of the molecule is CCOc1ccc(NC(=O)/C(C#N)=C\c2cccc(Oc3ccccc3)c2)cc1. The van der Waals surface area contributed by atoms with E-state index in [9.17, 15) is 10.1 Å². The second-order valence-corrected chi connectivity index (χ2v) is 6.07. The zero-order valence-corrected chi connectivity index (χ0v) is 16.0. The number of nitrogens with zero attached hydrogens (tertiary/aromatic N) is 1. The zero-order chi connectivity index (χ0) is 20.5. The standard InChI is InChI=1S/C24H20N2O3/c1-2-28-21-13-11-20(12-14-21)26-24(27)19(17-25)15-18-7-6-10-23(16-18)29-22-8-4-3-5-9-22/h3-16H,2H2,1H3,(H,26,27)/b19-15-. The topological polar surface area (TPSA) is 71.3 Å². The van der Waals surface area contributed by atoms with Crippen LogP contribution in [-0.4, -0.2) is 12.5 Å². The molecule has 1 amide bonds. The van der Waals surface area contributed by atoms with E-state index < -0.39 is 5.91 Å². The highest BCUT2D eigenvalue weighted by Gasteiger charge is 2.10. The van der Waals surface area contributed by atoms with Gasteiger partial charge in [-0.3, -0.25) is 4.79 Å². The summed E-state index contributed by atoms with van der Waals surface area (Å²) in [6, 6.07) is 25.5. The van der Waals surface area contributed by atoms with Crippen molar-refractivity contribution in [3.8, 4) is 23.3 Å². The smallest absolute Gasteiger partial charge is 0.266 e. The number of hydrogen-bond donors (Lipinski definition) is 1. The molecule has 3 rings (SSSR count). The lowest BCUT2D eigenvalue weighted by Gasteiger charge is -2.07. The Balaban J connectivity index is 1.72. The molecule has 0 atom stereocenters. The molecule has 0 saturated carbocycles. The van der Waals surface area contributed by atoms with Crippen LogP contribution in [0.2, 0.25) is 0 Å². The second kappa shape index (κ2) is 9.77. The van der Waals surface area contributed by atoms with Crippen LogP contribution in [-0.2, 0) is 4.79 Å². The van der Waals surface area contributed by atoms with E-state index in [1.165, 1.54) is 6.08 Å². The number of rotatable bonds is 7. The van der Waals surface area contributed by atoms with Crippen LogP contribution in [0.4, 0.5) is 5.69 Å². The third kappa shape index (κ3) is 5.72. The monoisotopic (exact) mass is 384 g/mol. The molecule has 144 valence electrons. The van der Waals surface area contributed by atoms with E-state index in [0.29, 0.717) is 29.4 Å². The fourth-order valence-corrected chi connectivity index (χ4v) is 2.61. The second-order valence-electron chi connectivity index (χ2n) is 6.07. The maximum atomic E-state index is 12.5. The Hall–Kier alpha value is -4.04. The number of carbonyl (C=O) groups excluding carboxylic acids is 1. The molecule has 1 N–H and O–H groups in total. The molecule has 0 saturated heterocycles. The van der Waals surface area contributed by atoms with Crippen molar-refractivity contribution in [3.05, 3.63) is 90.0 Å². The Morgan fingerprint density at radius 2 is 1.69 bits per heavy atom. The van der Waals surface area contributed by atoms with Gasteiger partial charge in [-0.15, -0.1) is 0 Å². The van der Waals surface area contributed by atoms with Gasteiger partial charge >= 0.3 is 0 Å². The van der Waals surface area contributed by atoms with E-state index in [1.807, 2.05) is 55.5 Å². The number of ether oxygens (including phenoxy) is 2. The predicted molar refractivity (Wildman–Crippen MR) is 113 cm³/mol. The molecule has 0 heterocycles. The number of nitriles is 1. The third-order valence-corrected chi connectivity index (χ3v) is 3.94.